The molecule has 2 heterocycles. The van der Waals surface area contributed by atoms with Gasteiger partial charge in [0.05, 0.1) is 31.1 Å². The Hall–Kier alpha value is -4.80. The van der Waals surface area contributed by atoms with Gasteiger partial charge in [0.15, 0.2) is 0 Å². The second-order valence-corrected chi connectivity index (χ2v) is 7.66. The molecule has 11 nitrogen and oxygen atoms in total. The van der Waals surface area contributed by atoms with Crippen molar-refractivity contribution in [3.63, 3.8) is 0 Å². The van der Waals surface area contributed by atoms with Gasteiger partial charge >= 0.3 is 23.5 Å². The van der Waals surface area contributed by atoms with Crippen LogP contribution in [0.3, 0.4) is 0 Å². The molecule has 4 rings (SSSR count). The molecule has 0 radical (unpaired) electrons. The van der Waals surface area contributed by atoms with Crippen molar-refractivity contribution in [3.05, 3.63) is 81.8 Å². The van der Waals surface area contributed by atoms with Crippen LogP contribution in [0.5, 0.6) is 0 Å². The summed E-state index contributed by atoms with van der Waals surface area (Å²) < 4.78 is 12.0. The number of carbonyl (C=O) groups is 3. The lowest BCUT2D eigenvalue weighted by molar-refractivity contribution is -0.148. The Morgan fingerprint density at radius 3 is 2.49 bits per heavy atom. The van der Waals surface area contributed by atoms with E-state index in [-0.39, 0.29) is 30.6 Å². The first kappa shape index (κ1) is 23.4. The molecule has 0 atom stereocenters. The standard InChI is InChI=1S/C24H19N3O8/c28-21(29)7-8-22(30)34-13-17-10-23(31)35-20-9-16(5-6-18(17)20)19-12-27(26-25-19)11-14-1-3-15(4-2-14)24(32)33/h1-6,9-10,12H,7-8,11,13H2,(H,28,29)(H,32,33). The van der Waals surface area contributed by atoms with E-state index in [0.29, 0.717) is 28.8 Å². The Morgan fingerprint density at radius 1 is 1.00 bits per heavy atom. The number of fused-ring (bicyclic) bond motifs is 1. The molecule has 0 fully saturated rings. The van der Waals surface area contributed by atoms with Crippen LogP contribution in [0.4, 0.5) is 0 Å². The van der Waals surface area contributed by atoms with Crippen LogP contribution in [0.25, 0.3) is 22.2 Å². The maximum Gasteiger partial charge on any atom is 0.336 e. The minimum absolute atomic E-state index is 0.195. The number of aliphatic carboxylic acids is 1. The number of carboxylic acids is 2. The van der Waals surface area contributed by atoms with E-state index in [9.17, 15) is 19.2 Å². The lowest BCUT2D eigenvalue weighted by Crippen LogP contribution is -2.09. The zero-order valence-corrected chi connectivity index (χ0v) is 18.2. The van der Waals surface area contributed by atoms with Crippen molar-refractivity contribution in [1.82, 2.24) is 15.0 Å². The molecule has 0 aliphatic carbocycles. The van der Waals surface area contributed by atoms with Crippen molar-refractivity contribution < 1.29 is 33.8 Å². The highest BCUT2D eigenvalue weighted by atomic mass is 16.5. The summed E-state index contributed by atoms with van der Waals surface area (Å²) in [7, 11) is 0. The van der Waals surface area contributed by atoms with Gasteiger partial charge in [-0.05, 0) is 23.8 Å². The fourth-order valence-electron chi connectivity index (χ4n) is 3.40. The molecule has 0 saturated heterocycles. The van der Waals surface area contributed by atoms with E-state index in [1.165, 1.54) is 18.2 Å². The highest BCUT2D eigenvalue weighted by Crippen LogP contribution is 2.25. The number of rotatable bonds is 9. The number of aromatic nitrogens is 3. The first-order valence-electron chi connectivity index (χ1n) is 10.5. The SMILES string of the molecule is O=C(O)CCC(=O)OCc1cc(=O)oc2cc(-c3cn(Cc4ccc(C(=O)O)cc4)nn3)ccc12. The van der Waals surface area contributed by atoms with Crippen LogP contribution in [0.15, 0.2) is 63.9 Å². The number of hydrogen-bond acceptors (Lipinski definition) is 8. The monoisotopic (exact) mass is 477 g/mol. The van der Waals surface area contributed by atoms with Crippen LogP contribution in [-0.4, -0.2) is 43.1 Å². The zero-order valence-electron chi connectivity index (χ0n) is 18.2. The Morgan fingerprint density at radius 2 is 1.77 bits per heavy atom. The van der Waals surface area contributed by atoms with E-state index in [1.54, 1.807) is 41.2 Å². The lowest BCUT2D eigenvalue weighted by atomic mass is 10.1. The molecule has 2 N–H and O–H groups in total. The van der Waals surface area contributed by atoms with Crippen molar-refractivity contribution in [2.45, 2.75) is 26.0 Å². The normalized spacial score (nSPS) is 10.9. The maximum atomic E-state index is 12.0. The molecule has 0 aliphatic rings. The average molecular weight is 477 g/mol. The topological polar surface area (TPSA) is 162 Å². The largest absolute Gasteiger partial charge is 0.481 e. The van der Waals surface area contributed by atoms with Crippen LogP contribution < -0.4 is 5.63 Å². The molecule has 0 saturated carbocycles. The van der Waals surface area contributed by atoms with Crippen molar-refractivity contribution >= 4 is 28.9 Å². The highest BCUT2D eigenvalue weighted by molar-refractivity contribution is 5.87. The number of nitrogens with zero attached hydrogens (tertiary/aromatic N) is 3. The summed E-state index contributed by atoms with van der Waals surface area (Å²) >= 11 is 0. The smallest absolute Gasteiger partial charge is 0.336 e. The summed E-state index contributed by atoms with van der Waals surface area (Å²) in [6.07, 6.45) is 1.10. The molecule has 178 valence electrons. The molecular formula is C24H19N3O8. The van der Waals surface area contributed by atoms with Gasteiger partial charge in [0.2, 0.25) is 0 Å². The first-order valence-corrected chi connectivity index (χ1v) is 10.5. The van der Waals surface area contributed by atoms with E-state index in [1.807, 2.05) is 0 Å². The molecule has 2 aromatic heterocycles. The third kappa shape index (κ3) is 5.77. The summed E-state index contributed by atoms with van der Waals surface area (Å²) in [5.74, 6) is -2.78. The number of carbonyl (C=O) groups excluding carboxylic acids is 1. The van der Waals surface area contributed by atoms with E-state index < -0.39 is 23.5 Å². The minimum atomic E-state index is -1.10. The Labute approximate surface area is 197 Å². The van der Waals surface area contributed by atoms with E-state index in [4.69, 9.17) is 19.4 Å². The van der Waals surface area contributed by atoms with Gasteiger partial charge in [-0.3, -0.25) is 9.59 Å². The van der Waals surface area contributed by atoms with Gasteiger partial charge in [0.25, 0.3) is 0 Å². The van der Waals surface area contributed by atoms with Crippen molar-refractivity contribution in [2.24, 2.45) is 0 Å². The van der Waals surface area contributed by atoms with E-state index >= 15 is 0 Å². The highest BCUT2D eigenvalue weighted by Gasteiger charge is 2.13. The van der Waals surface area contributed by atoms with Crippen LogP contribution in [-0.2, 0) is 27.5 Å². The molecule has 2 aromatic carbocycles. The summed E-state index contributed by atoms with van der Waals surface area (Å²) in [6.45, 7) is 0.184. The third-order valence-electron chi connectivity index (χ3n) is 5.14. The fraction of sp³-hybridized carbons (Fsp3) is 0.167. The summed E-state index contributed by atoms with van der Waals surface area (Å²) in [6, 6.07) is 12.7. The van der Waals surface area contributed by atoms with Crippen molar-refractivity contribution in [1.29, 1.82) is 0 Å². The number of esters is 1. The van der Waals surface area contributed by atoms with E-state index in [0.717, 1.165) is 5.56 Å². The minimum Gasteiger partial charge on any atom is -0.481 e. The second kappa shape index (κ2) is 10.00. The summed E-state index contributed by atoms with van der Waals surface area (Å²) in [5.41, 5.74) is 2.29. The molecule has 4 aromatic rings. The van der Waals surface area contributed by atoms with Gasteiger partial charge in [-0.2, -0.15) is 0 Å². The first-order chi connectivity index (χ1) is 16.8. The fourth-order valence-corrected chi connectivity index (χ4v) is 3.40. The van der Waals surface area contributed by atoms with Crippen LogP contribution in [0, 0.1) is 0 Å². The molecule has 0 bridgehead atoms. The van der Waals surface area contributed by atoms with Crippen molar-refractivity contribution in [2.75, 3.05) is 0 Å². The molecule has 0 spiro atoms. The number of hydrogen-bond donors (Lipinski definition) is 2. The van der Waals surface area contributed by atoms with E-state index in [2.05, 4.69) is 10.3 Å². The molecule has 35 heavy (non-hydrogen) atoms. The molecule has 0 amide bonds. The van der Waals surface area contributed by atoms with Crippen LogP contribution >= 0.6 is 0 Å². The Balaban J connectivity index is 1.51. The van der Waals surface area contributed by atoms with Gasteiger partial charge in [-0.25, -0.2) is 14.3 Å². The zero-order chi connectivity index (χ0) is 24.9. The van der Waals surface area contributed by atoms with Gasteiger partial charge in [0, 0.05) is 22.6 Å². The molecular weight excluding hydrogens is 458 g/mol. The molecule has 0 aliphatic heterocycles. The lowest BCUT2D eigenvalue weighted by Gasteiger charge is -2.07. The Kier molecular flexibility index (Phi) is 6.67. The van der Waals surface area contributed by atoms with Gasteiger partial charge in [-0.15, -0.1) is 5.10 Å². The van der Waals surface area contributed by atoms with Crippen LogP contribution in [0.2, 0.25) is 0 Å². The molecule has 11 heteroatoms. The van der Waals surface area contributed by atoms with Gasteiger partial charge < -0.3 is 19.4 Å². The Bertz CT molecular complexity index is 1470. The summed E-state index contributed by atoms with van der Waals surface area (Å²) in [4.78, 5) is 45.3. The number of carboxylic acid groups (broad SMARTS) is 2. The quantitative estimate of drug-likeness (QED) is 0.271. The predicted molar refractivity (Wildman–Crippen MR) is 121 cm³/mol. The summed E-state index contributed by atoms with van der Waals surface area (Å²) in [5, 5.41) is 26.5. The van der Waals surface area contributed by atoms with Crippen LogP contribution in [0.1, 0.15) is 34.3 Å². The van der Waals surface area contributed by atoms with Gasteiger partial charge in [-0.1, -0.05) is 29.5 Å². The average Bonchev–Trinajstić information content (AvgIpc) is 3.29. The number of aromatic carboxylic acids is 1. The van der Waals surface area contributed by atoms with Gasteiger partial charge in [0.1, 0.15) is 17.9 Å². The predicted octanol–water partition coefficient (Wildman–Crippen LogP) is 2.71. The van der Waals surface area contributed by atoms with Crippen molar-refractivity contribution in [3.8, 4) is 11.3 Å². The second-order valence-electron chi connectivity index (χ2n) is 7.66. The molecule has 0 unspecified atom stereocenters. The maximum absolute atomic E-state index is 12.0. The number of benzene rings is 2. The number of ether oxygens (including phenoxy) is 1. The third-order valence-corrected chi connectivity index (χ3v) is 5.14.